The second kappa shape index (κ2) is 7.48. The van der Waals surface area contributed by atoms with Gasteiger partial charge in [0.1, 0.15) is 12.4 Å². The van der Waals surface area contributed by atoms with Crippen molar-refractivity contribution in [3.05, 3.63) is 47.5 Å². The lowest BCUT2D eigenvalue weighted by Crippen LogP contribution is -2.42. The molecule has 2 aromatic carbocycles. The quantitative estimate of drug-likeness (QED) is 0.677. The number of rotatable bonds is 4. The standard InChI is InChI=1S/C22H23N3O3S/c1-4-9-25-17-8-6-15(11-18(17)28-12-22(2,3)21(25)27)24-20(26)14-5-7-16-19(10-14)29-13-23-16/h5-8,10-11,13H,4,9,12H2,1-3H3,(H,24,26). The van der Waals surface area contributed by atoms with Gasteiger partial charge >= 0.3 is 0 Å². The van der Waals surface area contributed by atoms with E-state index in [-0.39, 0.29) is 11.8 Å². The zero-order valence-corrected chi connectivity index (χ0v) is 17.5. The van der Waals surface area contributed by atoms with Gasteiger partial charge in [-0.2, -0.15) is 0 Å². The molecule has 0 radical (unpaired) electrons. The minimum absolute atomic E-state index is 0.0488. The van der Waals surface area contributed by atoms with Crippen molar-refractivity contribution < 1.29 is 14.3 Å². The van der Waals surface area contributed by atoms with E-state index in [1.807, 2.05) is 39.0 Å². The largest absolute Gasteiger partial charge is 0.490 e. The van der Waals surface area contributed by atoms with Crippen LogP contribution in [0.1, 0.15) is 37.6 Å². The molecule has 0 saturated carbocycles. The number of carbonyl (C=O) groups is 2. The number of hydrogen-bond donors (Lipinski definition) is 1. The average molecular weight is 410 g/mol. The summed E-state index contributed by atoms with van der Waals surface area (Å²) in [5.74, 6) is 0.455. The van der Waals surface area contributed by atoms with E-state index >= 15 is 0 Å². The molecule has 29 heavy (non-hydrogen) atoms. The number of fused-ring (bicyclic) bond motifs is 2. The Morgan fingerprint density at radius 1 is 1.28 bits per heavy atom. The summed E-state index contributed by atoms with van der Waals surface area (Å²) in [6.07, 6.45) is 0.847. The Labute approximate surface area is 173 Å². The number of thiazole rings is 1. The Balaban J connectivity index is 1.61. The highest BCUT2D eigenvalue weighted by Gasteiger charge is 2.37. The SMILES string of the molecule is CCCN1C(=O)C(C)(C)COc2cc(NC(=O)c3ccc4ncsc4c3)ccc21. The van der Waals surface area contributed by atoms with Crippen molar-refractivity contribution in [3.8, 4) is 5.75 Å². The lowest BCUT2D eigenvalue weighted by atomic mass is 9.93. The van der Waals surface area contributed by atoms with Gasteiger partial charge in [-0.05, 0) is 50.6 Å². The number of hydrogen-bond acceptors (Lipinski definition) is 5. The first-order valence-corrected chi connectivity index (χ1v) is 10.5. The first kappa shape index (κ1) is 19.4. The molecule has 0 unspecified atom stereocenters. The van der Waals surface area contributed by atoms with Crippen LogP contribution >= 0.6 is 11.3 Å². The van der Waals surface area contributed by atoms with Crippen LogP contribution in [0, 0.1) is 5.41 Å². The van der Waals surface area contributed by atoms with Crippen LogP contribution in [0.15, 0.2) is 41.9 Å². The summed E-state index contributed by atoms with van der Waals surface area (Å²) >= 11 is 1.50. The zero-order chi connectivity index (χ0) is 20.6. The molecule has 2 amide bonds. The third-order valence-electron chi connectivity index (χ3n) is 4.96. The summed E-state index contributed by atoms with van der Waals surface area (Å²) in [7, 11) is 0. The van der Waals surface area contributed by atoms with Crippen LogP contribution in [-0.4, -0.2) is 29.9 Å². The van der Waals surface area contributed by atoms with E-state index in [4.69, 9.17) is 4.74 Å². The van der Waals surface area contributed by atoms with Crippen molar-refractivity contribution in [2.75, 3.05) is 23.4 Å². The Hall–Kier alpha value is -2.93. The molecule has 0 spiro atoms. The molecule has 0 fully saturated rings. The van der Waals surface area contributed by atoms with Crippen LogP contribution in [0.3, 0.4) is 0 Å². The highest BCUT2D eigenvalue weighted by atomic mass is 32.1. The molecule has 0 bridgehead atoms. The van der Waals surface area contributed by atoms with E-state index in [0.717, 1.165) is 22.3 Å². The van der Waals surface area contributed by atoms with Crippen molar-refractivity contribution in [1.29, 1.82) is 0 Å². The lowest BCUT2D eigenvalue weighted by Gasteiger charge is -2.27. The predicted octanol–water partition coefficient (Wildman–Crippen LogP) is 4.71. The first-order valence-electron chi connectivity index (χ1n) is 9.62. The van der Waals surface area contributed by atoms with Gasteiger partial charge in [-0.25, -0.2) is 4.98 Å². The van der Waals surface area contributed by atoms with Gasteiger partial charge in [0.05, 0.1) is 26.8 Å². The Kier molecular flexibility index (Phi) is 5.00. The molecule has 0 saturated heterocycles. The molecule has 0 aliphatic carbocycles. The molecule has 1 aromatic heterocycles. The second-order valence-corrected chi connectivity index (χ2v) is 8.69. The Bertz CT molecular complexity index is 1090. The topological polar surface area (TPSA) is 71.5 Å². The third kappa shape index (κ3) is 3.70. The third-order valence-corrected chi connectivity index (χ3v) is 5.75. The smallest absolute Gasteiger partial charge is 0.255 e. The molecule has 150 valence electrons. The lowest BCUT2D eigenvalue weighted by molar-refractivity contribution is -0.127. The first-order chi connectivity index (χ1) is 13.9. The number of benzene rings is 2. The molecule has 3 aromatic rings. The van der Waals surface area contributed by atoms with Crippen molar-refractivity contribution >= 4 is 44.7 Å². The van der Waals surface area contributed by atoms with Gasteiger partial charge in [0.15, 0.2) is 0 Å². The number of nitrogens with zero attached hydrogens (tertiary/aromatic N) is 2. The van der Waals surface area contributed by atoms with Crippen LogP contribution in [0.2, 0.25) is 0 Å². The van der Waals surface area contributed by atoms with E-state index in [2.05, 4.69) is 10.3 Å². The summed E-state index contributed by atoms with van der Waals surface area (Å²) in [6.45, 7) is 6.74. The number of nitrogens with one attached hydrogen (secondary N) is 1. The second-order valence-electron chi connectivity index (χ2n) is 7.80. The van der Waals surface area contributed by atoms with Crippen LogP contribution in [0.5, 0.6) is 5.75 Å². The summed E-state index contributed by atoms with van der Waals surface area (Å²) in [6, 6.07) is 10.9. The monoisotopic (exact) mass is 409 g/mol. The molecule has 1 aliphatic rings. The maximum atomic E-state index is 12.9. The molecule has 0 atom stereocenters. The molecular formula is C22H23N3O3S. The van der Waals surface area contributed by atoms with Gasteiger partial charge in [0.2, 0.25) is 5.91 Å². The molecule has 1 N–H and O–H groups in total. The fourth-order valence-electron chi connectivity index (χ4n) is 3.37. The number of amides is 2. The maximum absolute atomic E-state index is 12.9. The molecular weight excluding hydrogens is 386 g/mol. The van der Waals surface area contributed by atoms with Crippen molar-refractivity contribution in [1.82, 2.24) is 4.98 Å². The van der Waals surface area contributed by atoms with Crippen molar-refractivity contribution in [2.24, 2.45) is 5.41 Å². The summed E-state index contributed by atoms with van der Waals surface area (Å²) in [5, 5.41) is 2.93. The summed E-state index contributed by atoms with van der Waals surface area (Å²) < 4.78 is 6.94. The van der Waals surface area contributed by atoms with Gasteiger partial charge < -0.3 is 15.0 Å². The summed E-state index contributed by atoms with van der Waals surface area (Å²) in [5.41, 5.74) is 3.98. The predicted molar refractivity (Wildman–Crippen MR) is 116 cm³/mol. The van der Waals surface area contributed by atoms with E-state index in [1.54, 1.807) is 28.6 Å². The van der Waals surface area contributed by atoms with Gasteiger partial charge in [-0.15, -0.1) is 11.3 Å². The van der Waals surface area contributed by atoms with Gasteiger partial charge in [0, 0.05) is 23.9 Å². The van der Waals surface area contributed by atoms with Crippen molar-refractivity contribution in [3.63, 3.8) is 0 Å². The Morgan fingerprint density at radius 2 is 2.10 bits per heavy atom. The minimum Gasteiger partial charge on any atom is -0.490 e. The van der Waals surface area contributed by atoms with E-state index in [1.165, 1.54) is 11.3 Å². The number of anilines is 2. The fourth-order valence-corrected chi connectivity index (χ4v) is 4.09. The van der Waals surface area contributed by atoms with Crippen molar-refractivity contribution in [2.45, 2.75) is 27.2 Å². The average Bonchev–Trinajstić information content (AvgIpc) is 3.15. The minimum atomic E-state index is -0.609. The zero-order valence-electron chi connectivity index (χ0n) is 16.7. The van der Waals surface area contributed by atoms with E-state index in [0.29, 0.717) is 30.2 Å². The van der Waals surface area contributed by atoms with Gasteiger partial charge in [-0.3, -0.25) is 9.59 Å². The number of carbonyl (C=O) groups excluding carboxylic acids is 2. The molecule has 4 rings (SSSR count). The number of ether oxygens (including phenoxy) is 1. The number of aromatic nitrogens is 1. The molecule has 1 aliphatic heterocycles. The van der Waals surface area contributed by atoms with Crippen LogP contribution < -0.4 is 15.0 Å². The maximum Gasteiger partial charge on any atom is 0.255 e. The highest BCUT2D eigenvalue weighted by molar-refractivity contribution is 7.16. The normalized spacial score (nSPS) is 15.6. The van der Waals surface area contributed by atoms with Crippen LogP contribution in [0.4, 0.5) is 11.4 Å². The molecule has 2 heterocycles. The van der Waals surface area contributed by atoms with E-state index < -0.39 is 5.41 Å². The highest BCUT2D eigenvalue weighted by Crippen LogP contribution is 2.38. The van der Waals surface area contributed by atoms with Crippen LogP contribution in [0.25, 0.3) is 10.2 Å². The molecule has 6 nitrogen and oxygen atoms in total. The summed E-state index contributed by atoms with van der Waals surface area (Å²) in [4.78, 5) is 31.7. The van der Waals surface area contributed by atoms with E-state index in [9.17, 15) is 9.59 Å². The molecule has 7 heteroatoms. The van der Waals surface area contributed by atoms with Crippen LogP contribution in [-0.2, 0) is 4.79 Å². The van der Waals surface area contributed by atoms with Gasteiger partial charge in [0.25, 0.3) is 5.91 Å². The fraction of sp³-hybridized carbons (Fsp3) is 0.318. The van der Waals surface area contributed by atoms with Gasteiger partial charge in [-0.1, -0.05) is 6.92 Å². The Morgan fingerprint density at radius 3 is 2.90 bits per heavy atom.